The van der Waals surface area contributed by atoms with E-state index in [4.69, 9.17) is 0 Å². The van der Waals surface area contributed by atoms with Gasteiger partial charge in [0.2, 0.25) is 17.7 Å². The molecule has 8 heteroatoms. The highest BCUT2D eigenvalue weighted by Crippen LogP contribution is 2.16. The van der Waals surface area contributed by atoms with Gasteiger partial charge >= 0.3 is 0 Å². The topological polar surface area (TPSA) is 79.4 Å². The first-order valence-corrected chi connectivity index (χ1v) is 8.62. The number of carbonyl (C=O) groups is 3. The van der Waals surface area contributed by atoms with Crippen molar-refractivity contribution in [2.75, 3.05) is 12.3 Å². The maximum atomic E-state index is 12.1. The van der Waals surface area contributed by atoms with Gasteiger partial charge in [-0.05, 0) is 13.8 Å². The van der Waals surface area contributed by atoms with Gasteiger partial charge in [-0.1, -0.05) is 0 Å². The highest BCUT2D eigenvalue weighted by atomic mass is 32.2. The second-order valence-electron chi connectivity index (χ2n) is 4.77. The third kappa shape index (κ3) is 4.28. The Morgan fingerprint density at radius 1 is 1.57 bits per heavy atom. The van der Waals surface area contributed by atoms with Crippen LogP contribution >= 0.6 is 23.1 Å². The number of carbonyl (C=O) groups excluding carboxylic acids is 3. The Morgan fingerprint density at radius 3 is 3.00 bits per heavy atom. The number of hydrogen-bond donors (Lipinski definition) is 1. The lowest BCUT2D eigenvalue weighted by molar-refractivity contribution is -0.149. The molecule has 0 aliphatic carbocycles. The summed E-state index contributed by atoms with van der Waals surface area (Å²) in [5.74, 6) is 0.427. The monoisotopic (exact) mass is 327 g/mol. The summed E-state index contributed by atoms with van der Waals surface area (Å²) in [5, 5.41) is 5.27. The molecule has 21 heavy (non-hydrogen) atoms. The second-order valence-corrected chi connectivity index (χ2v) is 6.94. The summed E-state index contributed by atoms with van der Waals surface area (Å²) < 4.78 is 0. The Labute approximate surface area is 131 Å². The first kappa shape index (κ1) is 16.0. The van der Waals surface area contributed by atoms with Crippen molar-refractivity contribution in [2.45, 2.75) is 32.1 Å². The van der Waals surface area contributed by atoms with Crippen molar-refractivity contribution in [3.05, 3.63) is 16.1 Å². The van der Waals surface area contributed by atoms with E-state index in [1.807, 2.05) is 12.3 Å². The summed E-state index contributed by atoms with van der Waals surface area (Å²) in [6, 6.07) is -0.582. The van der Waals surface area contributed by atoms with Crippen molar-refractivity contribution in [3.63, 3.8) is 0 Å². The van der Waals surface area contributed by atoms with Gasteiger partial charge in [0, 0.05) is 23.3 Å². The van der Waals surface area contributed by atoms with Gasteiger partial charge in [-0.3, -0.25) is 19.7 Å². The molecule has 1 aromatic heterocycles. The number of amides is 3. The van der Waals surface area contributed by atoms with Gasteiger partial charge in [0.05, 0.1) is 10.7 Å². The van der Waals surface area contributed by atoms with Crippen molar-refractivity contribution < 1.29 is 14.4 Å². The highest BCUT2D eigenvalue weighted by Gasteiger charge is 2.32. The summed E-state index contributed by atoms with van der Waals surface area (Å²) in [5.41, 5.74) is 1.02. The van der Waals surface area contributed by atoms with Crippen LogP contribution in [0.2, 0.25) is 0 Å². The fourth-order valence-corrected chi connectivity index (χ4v) is 3.51. The molecular weight excluding hydrogens is 310 g/mol. The smallest absolute Gasteiger partial charge is 0.249 e. The Balaban J connectivity index is 1.76. The lowest BCUT2D eigenvalue weighted by atomic mass is 10.2. The zero-order valence-electron chi connectivity index (χ0n) is 11.9. The number of thioether (sulfide) groups is 1. The van der Waals surface area contributed by atoms with Crippen LogP contribution in [0.25, 0.3) is 0 Å². The number of nitrogens with zero attached hydrogens (tertiary/aromatic N) is 2. The van der Waals surface area contributed by atoms with E-state index in [9.17, 15) is 14.4 Å². The Hall–Kier alpha value is -1.41. The van der Waals surface area contributed by atoms with Crippen molar-refractivity contribution in [1.82, 2.24) is 15.2 Å². The van der Waals surface area contributed by atoms with Gasteiger partial charge in [-0.2, -0.15) is 11.8 Å². The van der Waals surface area contributed by atoms with Crippen LogP contribution in [0.15, 0.2) is 5.38 Å². The zero-order chi connectivity index (χ0) is 15.4. The molecule has 1 saturated heterocycles. The van der Waals surface area contributed by atoms with Crippen LogP contribution in [0.3, 0.4) is 0 Å². The molecule has 0 radical (unpaired) electrons. The summed E-state index contributed by atoms with van der Waals surface area (Å²) >= 11 is 3.24. The summed E-state index contributed by atoms with van der Waals surface area (Å²) in [7, 11) is 0. The van der Waals surface area contributed by atoms with E-state index in [2.05, 4.69) is 10.3 Å². The van der Waals surface area contributed by atoms with Gasteiger partial charge < -0.3 is 4.90 Å². The number of hydrogen-bond acceptors (Lipinski definition) is 6. The standard InChI is InChI=1S/C13H17N3O3S2/c1-8-13(19)15-11(17)5-16(8)12(18)3-4-20-6-10-7-21-9(2)14-10/h7-8H,3-6H2,1-2H3,(H,15,17,19). The minimum Gasteiger partial charge on any atom is -0.322 e. The Kier molecular flexibility index (Phi) is 5.35. The molecule has 3 amide bonds. The van der Waals surface area contributed by atoms with Gasteiger partial charge in [0.25, 0.3) is 0 Å². The van der Waals surface area contributed by atoms with Crippen molar-refractivity contribution in [3.8, 4) is 0 Å². The van der Waals surface area contributed by atoms with Crippen LogP contribution in [0.1, 0.15) is 24.0 Å². The van der Waals surface area contributed by atoms with Crippen molar-refractivity contribution in [2.24, 2.45) is 0 Å². The average molecular weight is 327 g/mol. The quantitative estimate of drug-likeness (QED) is 0.643. The minimum absolute atomic E-state index is 0.0400. The molecule has 1 aliphatic rings. The Bertz CT molecular complexity index is 559. The molecule has 0 saturated carbocycles. The van der Waals surface area contributed by atoms with E-state index in [1.54, 1.807) is 30.0 Å². The molecule has 0 spiro atoms. The molecular formula is C13H17N3O3S2. The van der Waals surface area contributed by atoms with Crippen LogP contribution < -0.4 is 5.32 Å². The molecule has 1 N–H and O–H groups in total. The number of imide groups is 1. The molecule has 6 nitrogen and oxygen atoms in total. The molecule has 114 valence electrons. The lowest BCUT2D eigenvalue weighted by Gasteiger charge is -2.31. The molecule has 1 unspecified atom stereocenters. The average Bonchev–Trinajstić information content (AvgIpc) is 2.84. The summed E-state index contributed by atoms with van der Waals surface area (Å²) in [6.45, 7) is 3.55. The SMILES string of the molecule is Cc1nc(CSCCC(=O)N2CC(=O)NC(=O)C2C)cs1. The van der Waals surface area contributed by atoms with E-state index in [0.717, 1.165) is 16.5 Å². The van der Waals surface area contributed by atoms with Gasteiger partial charge in [0.15, 0.2) is 0 Å². The number of nitrogens with one attached hydrogen (secondary N) is 1. The first-order valence-electron chi connectivity index (χ1n) is 6.59. The molecule has 1 atom stereocenters. The van der Waals surface area contributed by atoms with Crippen LogP contribution in [0.5, 0.6) is 0 Å². The zero-order valence-corrected chi connectivity index (χ0v) is 13.6. The number of rotatable bonds is 5. The van der Waals surface area contributed by atoms with Gasteiger partial charge in [0.1, 0.15) is 12.6 Å². The predicted molar refractivity (Wildman–Crippen MR) is 82.0 cm³/mol. The van der Waals surface area contributed by atoms with E-state index in [1.165, 1.54) is 4.90 Å². The van der Waals surface area contributed by atoms with E-state index >= 15 is 0 Å². The first-order chi connectivity index (χ1) is 9.97. The fraction of sp³-hybridized carbons (Fsp3) is 0.538. The molecule has 1 aliphatic heterocycles. The van der Waals surface area contributed by atoms with Crippen LogP contribution in [0.4, 0.5) is 0 Å². The minimum atomic E-state index is -0.582. The summed E-state index contributed by atoms with van der Waals surface area (Å²) in [6.07, 6.45) is 0.318. The van der Waals surface area contributed by atoms with E-state index < -0.39 is 17.9 Å². The molecule has 1 fully saturated rings. The lowest BCUT2D eigenvalue weighted by Crippen LogP contribution is -2.58. The maximum absolute atomic E-state index is 12.1. The Morgan fingerprint density at radius 2 is 2.33 bits per heavy atom. The normalized spacial score (nSPS) is 18.8. The van der Waals surface area contributed by atoms with Crippen LogP contribution in [-0.2, 0) is 20.1 Å². The summed E-state index contributed by atoms with van der Waals surface area (Å²) in [4.78, 5) is 40.6. The maximum Gasteiger partial charge on any atom is 0.249 e. The predicted octanol–water partition coefficient (Wildman–Crippen LogP) is 0.948. The molecule has 2 heterocycles. The molecule has 0 aromatic carbocycles. The number of piperazine rings is 1. The van der Waals surface area contributed by atoms with Crippen LogP contribution in [-0.4, -0.2) is 45.9 Å². The van der Waals surface area contributed by atoms with E-state index in [-0.39, 0.29) is 12.5 Å². The third-order valence-electron chi connectivity index (χ3n) is 3.12. The molecule has 0 bridgehead atoms. The fourth-order valence-electron chi connectivity index (χ4n) is 1.97. The van der Waals surface area contributed by atoms with Crippen molar-refractivity contribution >= 4 is 40.8 Å². The number of thiazole rings is 1. The molecule has 2 rings (SSSR count). The largest absolute Gasteiger partial charge is 0.322 e. The number of aryl methyl sites for hydroxylation is 1. The van der Waals surface area contributed by atoms with Gasteiger partial charge in [-0.25, -0.2) is 4.98 Å². The highest BCUT2D eigenvalue weighted by molar-refractivity contribution is 7.98. The second kappa shape index (κ2) is 7.04. The number of aromatic nitrogens is 1. The molecule has 1 aromatic rings. The van der Waals surface area contributed by atoms with Crippen LogP contribution in [0, 0.1) is 6.92 Å². The van der Waals surface area contributed by atoms with Gasteiger partial charge in [-0.15, -0.1) is 11.3 Å². The third-order valence-corrected chi connectivity index (χ3v) is 4.94. The van der Waals surface area contributed by atoms with Crippen molar-refractivity contribution in [1.29, 1.82) is 0 Å². The van der Waals surface area contributed by atoms with E-state index in [0.29, 0.717) is 12.2 Å².